The van der Waals surface area contributed by atoms with Gasteiger partial charge in [0.1, 0.15) is 6.07 Å². The van der Waals surface area contributed by atoms with Crippen LogP contribution in [0.5, 0.6) is 0 Å². The minimum Gasteiger partial charge on any atom is -0.381 e. The predicted octanol–water partition coefficient (Wildman–Crippen LogP) is 3.12. The molecule has 0 aliphatic heterocycles. The Kier molecular flexibility index (Phi) is 4.91. The van der Waals surface area contributed by atoms with E-state index >= 15 is 0 Å². The molecule has 0 aromatic heterocycles. The van der Waals surface area contributed by atoms with E-state index in [0.29, 0.717) is 12.6 Å². The number of anilines is 1. The highest BCUT2D eigenvalue weighted by Gasteiger charge is 2.19. The molecule has 108 valence electrons. The molecule has 20 heavy (non-hydrogen) atoms. The summed E-state index contributed by atoms with van der Waals surface area (Å²) in [5.74, 6) is -2.06. The van der Waals surface area contributed by atoms with Crippen molar-refractivity contribution in [3.63, 3.8) is 0 Å². The molecular weight excluding hydrogens is 260 g/mol. The first-order chi connectivity index (χ1) is 9.63. The normalized spacial score (nSPS) is 15.6. The third kappa shape index (κ3) is 3.26. The molecule has 2 rings (SSSR count). The van der Waals surface area contributed by atoms with Gasteiger partial charge < -0.3 is 10.2 Å². The zero-order valence-corrected chi connectivity index (χ0v) is 11.6. The molecule has 0 amide bonds. The lowest BCUT2D eigenvalue weighted by molar-refractivity contribution is 0.254. The minimum atomic E-state index is -1.08. The van der Waals surface area contributed by atoms with Gasteiger partial charge in [0.15, 0.2) is 11.6 Å². The van der Waals surface area contributed by atoms with Crippen LogP contribution in [-0.4, -0.2) is 31.1 Å². The number of benzene rings is 1. The molecule has 5 heteroatoms. The SMILES string of the molecule is CN(CCNc1ccc(C#N)c(F)c1F)C1CCCC1. The van der Waals surface area contributed by atoms with Crippen LogP contribution in [-0.2, 0) is 0 Å². The van der Waals surface area contributed by atoms with Gasteiger partial charge in [-0.1, -0.05) is 12.8 Å². The molecule has 0 unspecified atom stereocenters. The fourth-order valence-electron chi connectivity index (χ4n) is 2.67. The second-order valence-electron chi connectivity index (χ2n) is 5.25. The molecule has 0 radical (unpaired) electrons. The lowest BCUT2D eigenvalue weighted by atomic mass is 10.2. The van der Waals surface area contributed by atoms with Gasteiger partial charge in [-0.2, -0.15) is 5.26 Å². The maximum atomic E-state index is 13.7. The third-order valence-corrected chi connectivity index (χ3v) is 3.93. The smallest absolute Gasteiger partial charge is 0.183 e. The number of rotatable bonds is 5. The zero-order valence-electron chi connectivity index (χ0n) is 11.6. The summed E-state index contributed by atoms with van der Waals surface area (Å²) in [7, 11) is 2.06. The average molecular weight is 279 g/mol. The fraction of sp³-hybridized carbons (Fsp3) is 0.533. The van der Waals surface area contributed by atoms with E-state index < -0.39 is 11.6 Å². The summed E-state index contributed by atoms with van der Waals surface area (Å²) in [5, 5.41) is 11.5. The van der Waals surface area contributed by atoms with E-state index in [9.17, 15) is 8.78 Å². The van der Waals surface area contributed by atoms with Crippen LogP contribution in [0.25, 0.3) is 0 Å². The molecule has 0 saturated heterocycles. The number of nitriles is 1. The van der Waals surface area contributed by atoms with Gasteiger partial charge in [0, 0.05) is 19.1 Å². The van der Waals surface area contributed by atoms with Gasteiger partial charge in [-0.15, -0.1) is 0 Å². The van der Waals surface area contributed by atoms with Gasteiger partial charge in [0.05, 0.1) is 11.3 Å². The number of halogens is 2. The van der Waals surface area contributed by atoms with Crippen molar-refractivity contribution < 1.29 is 8.78 Å². The summed E-state index contributed by atoms with van der Waals surface area (Å²) in [6.07, 6.45) is 4.99. The maximum Gasteiger partial charge on any atom is 0.183 e. The van der Waals surface area contributed by atoms with E-state index in [-0.39, 0.29) is 11.3 Å². The molecule has 0 atom stereocenters. The maximum absolute atomic E-state index is 13.7. The lowest BCUT2D eigenvalue weighted by Gasteiger charge is -2.24. The van der Waals surface area contributed by atoms with Crippen LogP contribution in [0.15, 0.2) is 12.1 Å². The second kappa shape index (κ2) is 6.67. The Balaban J connectivity index is 1.88. The van der Waals surface area contributed by atoms with E-state index in [1.807, 2.05) is 0 Å². The van der Waals surface area contributed by atoms with Gasteiger partial charge >= 0.3 is 0 Å². The first-order valence-corrected chi connectivity index (χ1v) is 6.95. The minimum absolute atomic E-state index is 0.112. The number of nitrogens with one attached hydrogen (secondary N) is 1. The third-order valence-electron chi connectivity index (χ3n) is 3.93. The molecule has 1 aromatic rings. The quantitative estimate of drug-likeness (QED) is 0.900. The van der Waals surface area contributed by atoms with Crippen molar-refractivity contribution in [2.75, 3.05) is 25.5 Å². The lowest BCUT2D eigenvalue weighted by Crippen LogP contribution is -2.33. The first kappa shape index (κ1) is 14.7. The number of hydrogen-bond donors (Lipinski definition) is 1. The van der Waals surface area contributed by atoms with Crippen molar-refractivity contribution in [2.24, 2.45) is 0 Å². The van der Waals surface area contributed by atoms with E-state index in [1.54, 1.807) is 6.07 Å². The highest BCUT2D eigenvalue weighted by molar-refractivity contribution is 5.49. The highest BCUT2D eigenvalue weighted by Crippen LogP contribution is 2.22. The summed E-state index contributed by atoms with van der Waals surface area (Å²) >= 11 is 0. The Morgan fingerprint density at radius 3 is 2.65 bits per heavy atom. The van der Waals surface area contributed by atoms with Crippen LogP contribution in [0.1, 0.15) is 31.2 Å². The number of nitrogens with zero attached hydrogens (tertiary/aromatic N) is 2. The molecule has 1 aromatic carbocycles. The zero-order chi connectivity index (χ0) is 14.5. The Labute approximate surface area is 118 Å². The van der Waals surface area contributed by atoms with Crippen molar-refractivity contribution in [3.05, 3.63) is 29.3 Å². The molecule has 1 fully saturated rings. The van der Waals surface area contributed by atoms with E-state index in [2.05, 4.69) is 17.3 Å². The average Bonchev–Trinajstić information content (AvgIpc) is 2.98. The predicted molar refractivity (Wildman–Crippen MR) is 74.4 cm³/mol. The van der Waals surface area contributed by atoms with Gasteiger partial charge in [-0.3, -0.25) is 0 Å². The van der Waals surface area contributed by atoms with E-state index in [0.717, 1.165) is 6.54 Å². The molecule has 1 saturated carbocycles. The standard InChI is InChI=1S/C15H19F2N3/c1-20(12-4-2-3-5-12)9-8-19-13-7-6-11(10-18)14(16)15(13)17/h6-7,12,19H,2-5,8-9H2,1H3. The Hall–Kier alpha value is -1.67. The molecule has 1 aliphatic rings. The highest BCUT2D eigenvalue weighted by atomic mass is 19.2. The topological polar surface area (TPSA) is 39.1 Å². The first-order valence-electron chi connectivity index (χ1n) is 6.95. The molecule has 0 bridgehead atoms. The Morgan fingerprint density at radius 1 is 1.30 bits per heavy atom. The monoisotopic (exact) mass is 279 g/mol. The molecular formula is C15H19F2N3. The van der Waals surface area contributed by atoms with Gasteiger partial charge in [-0.25, -0.2) is 8.78 Å². The molecule has 1 aliphatic carbocycles. The number of hydrogen-bond acceptors (Lipinski definition) is 3. The van der Waals surface area contributed by atoms with Crippen LogP contribution < -0.4 is 5.32 Å². The molecule has 0 heterocycles. The summed E-state index contributed by atoms with van der Waals surface area (Å²) in [5.41, 5.74) is -0.155. The van der Waals surface area contributed by atoms with Crippen LogP contribution in [0.2, 0.25) is 0 Å². The van der Waals surface area contributed by atoms with Crippen molar-refractivity contribution in [3.8, 4) is 6.07 Å². The van der Waals surface area contributed by atoms with E-state index in [4.69, 9.17) is 5.26 Å². The van der Waals surface area contributed by atoms with Crippen LogP contribution >= 0.6 is 0 Å². The van der Waals surface area contributed by atoms with Crippen LogP contribution in [0.3, 0.4) is 0 Å². The number of likely N-dealkylation sites (N-methyl/N-ethyl adjacent to an activating group) is 1. The molecule has 3 nitrogen and oxygen atoms in total. The van der Waals surface area contributed by atoms with Crippen LogP contribution in [0, 0.1) is 23.0 Å². The van der Waals surface area contributed by atoms with Crippen molar-refractivity contribution in [2.45, 2.75) is 31.7 Å². The largest absolute Gasteiger partial charge is 0.381 e. The van der Waals surface area contributed by atoms with Gasteiger partial charge in [0.2, 0.25) is 0 Å². The second-order valence-corrected chi connectivity index (χ2v) is 5.25. The van der Waals surface area contributed by atoms with Gasteiger partial charge in [0.25, 0.3) is 0 Å². The Morgan fingerprint density at radius 2 is 2.00 bits per heavy atom. The van der Waals surface area contributed by atoms with Crippen molar-refractivity contribution in [1.29, 1.82) is 5.26 Å². The van der Waals surface area contributed by atoms with Crippen LogP contribution in [0.4, 0.5) is 14.5 Å². The summed E-state index contributed by atoms with van der Waals surface area (Å²) in [6, 6.07) is 4.94. The van der Waals surface area contributed by atoms with Crippen molar-refractivity contribution in [1.82, 2.24) is 4.90 Å². The Bertz CT molecular complexity index is 505. The summed E-state index contributed by atoms with van der Waals surface area (Å²) in [6.45, 7) is 1.33. The van der Waals surface area contributed by atoms with Crippen molar-refractivity contribution >= 4 is 5.69 Å². The fourth-order valence-corrected chi connectivity index (χ4v) is 2.67. The summed E-state index contributed by atoms with van der Waals surface area (Å²) in [4.78, 5) is 2.26. The summed E-state index contributed by atoms with van der Waals surface area (Å²) < 4.78 is 27.1. The van der Waals surface area contributed by atoms with Gasteiger partial charge in [-0.05, 0) is 32.0 Å². The van der Waals surface area contributed by atoms with E-state index in [1.165, 1.54) is 37.8 Å². The molecule has 0 spiro atoms. The molecule has 1 N–H and O–H groups in total.